The number of carbonyl (C=O) groups excluding carboxylic acids is 1. The molecule has 4 heteroatoms. The highest BCUT2D eigenvalue weighted by atomic mass is 16.1. The molecule has 0 unspecified atom stereocenters. The summed E-state index contributed by atoms with van der Waals surface area (Å²) in [6.07, 6.45) is 2.18. The van der Waals surface area contributed by atoms with Crippen LogP contribution in [0, 0.1) is 11.3 Å². The molecular formula is C16H23N3O. The number of carbonyl (C=O) groups is 1. The highest BCUT2D eigenvalue weighted by Crippen LogP contribution is 2.20. The molecule has 0 aliphatic heterocycles. The van der Waals surface area contributed by atoms with Crippen molar-refractivity contribution in [2.45, 2.75) is 40.2 Å². The van der Waals surface area contributed by atoms with Crippen molar-refractivity contribution in [3.8, 4) is 6.07 Å². The van der Waals surface area contributed by atoms with E-state index in [9.17, 15) is 4.79 Å². The van der Waals surface area contributed by atoms with Crippen LogP contribution in [-0.4, -0.2) is 23.9 Å². The highest BCUT2D eigenvalue weighted by molar-refractivity contribution is 5.89. The molecule has 4 nitrogen and oxygen atoms in total. The number of amides is 1. The van der Waals surface area contributed by atoms with Gasteiger partial charge in [-0.05, 0) is 49.7 Å². The Kier molecular flexibility index (Phi) is 6.75. The van der Waals surface area contributed by atoms with E-state index in [2.05, 4.69) is 30.1 Å². The summed E-state index contributed by atoms with van der Waals surface area (Å²) in [7, 11) is 0. The summed E-state index contributed by atoms with van der Waals surface area (Å²) >= 11 is 0. The molecule has 0 aliphatic carbocycles. The van der Waals surface area contributed by atoms with Gasteiger partial charge in [0.25, 0.3) is 0 Å². The highest BCUT2D eigenvalue weighted by Gasteiger charge is 2.10. The maximum Gasteiger partial charge on any atom is 0.221 e. The maximum atomic E-state index is 11.3. The Balaban J connectivity index is 2.99. The van der Waals surface area contributed by atoms with Gasteiger partial charge in [-0.1, -0.05) is 13.8 Å². The zero-order chi connectivity index (χ0) is 15.0. The van der Waals surface area contributed by atoms with Crippen molar-refractivity contribution in [1.29, 1.82) is 5.26 Å². The largest absolute Gasteiger partial charge is 0.326 e. The molecule has 1 aromatic rings. The van der Waals surface area contributed by atoms with Gasteiger partial charge in [-0.3, -0.25) is 9.69 Å². The van der Waals surface area contributed by atoms with Crippen LogP contribution in [0.5, 0.6) is 0 Å². The van der Waals surface area contributed by atoms with Crippen molar-refractivity contribution >= 4 is 11.6 Å². The van der Waals surface area contributed by atoms with Crippen LogP contribution in [0.4, 0.5) is 5.69 Å². The second kappa shape index (κ2) is 8.34. The van der Waals surface area contributed by atoms with Crippen molar-refractivity contribution in [2.75, 3.05) is 18.4 Å². The van der Waals surface area contributed by atoms with Crippen LogP contribution in [0.15, 0.2) is 18.2 Å². The van der Waals surface area contributed by atoms with E-state index in [4.69, 9.17) is 5.26 Å². The first-order valence-corrected chi connectivity index (χ1v) is 7.13. The fourth-order valence-electron chi connectivity index (χ4n) is 2.25. The van der Waals surface area contributed by atoms with E-state index in [1.165, 1.54) is 6.92 Å². The summed E-state index contributed by atoms with van der Waals surface area (Å²) in [4.78, 5) is 13.6. The van der Waals surface area contributed by atoms with Gasteiger partial charge in [-0.15, -0.1) is 0 Å². The molecule has 20 heavy (non-hydrogen) atoms. The van der Waals surface area contributed by atoms with E-state index in [1.54, 1.807) is 6.07 Å². The topological polar surface area (TPSA) is 56.1 Å². The lowest BCUT2D eigenvalue weighted by molar-refractivity contribution is -0.114. The first kappa shape index (κ1) is 16.2. The maximum absolute atomic E-state index is 11.3. The van der Waals surface area contributed by atoms with Crippen molar-refractivity contribution in [1.82, 2.24) is 4.90 Å². The van der Waals surface area contributed by atoms with E-state index >= 15 is 0 Å². The van der Waals surface area contributed by atoms with Gasteiger partial charge in [0.2, 0.25) is 5.91 Å². The summed E-state index contributed by atoms with van der Waals surface area (Å²) in [6, 6.07) is 7.56. The van der Waals surface area contributed by atoms with E-state index in [0.717, 1.165) is 43.7 Å². The molecule has 0 heterocycles. The molecule has 1 amide bonds. The SMILES string of the molecule is CCCN(CCC)Cc1cc(C#N)ccc1NC(C)=O. The van der Waals surface area contributed by atoms with Crippen molar-refractivity contribution in [3.63, 3.8) is 0 Å². The molecular weight excluding hydrogens is 250 g/mol. The molecule has 1 N–H and O–H groups in total. The Labute approximate surface area is 121 Å². The molecule has 0 aliphatic rings. The molecule has 108 valence electrons. The van der Waals surface area contributed by atoms with Crippen molar-refractivity contribution in [2.24, 2.45) is 0 Å². The smallest absolute Gasteiger partial charge is 0.221 e. The van der Waals surface area contributed by atoms with Crippen molar-refractivity contribution < 1.29 is 4.79 Å². The molecule has 0 saturated carbocycles. The molecule has 0 bridgehead atoms. The van der Waals surface area contributed by atoms with Crippen LogP contribution >= 0.6 is 0 Å². The normalized spacial score (nSPS) is 10.3. The van der Waals surface area contributed by atoms with Gasteiger partial charge >= 0.3 is 0 Å². The molecule has 0 aromatic heterocycles. The monoisotopic (exact) mass is 273 g/mol. The summed E-state index contributed by atoms with van der Waals surface area (Å²) in [5.41, 5.74) is 2.43. The summed E-state index contributed by atoms with van der Waals surface area (Å²) < 4.78 is 0. The van der Waals surface area contributed by atoms with Gasteiger partial charge in [0, 0.05) is 19.2 Å². The number of anilines is 1. The van der Waals surface area contributed by atoms with E-state index < -0.39 is 0 Å². The van der Waals surface area contributed by atoms with E-state index in [-0.39, 0.29) is 5.91 Å². The average Bonchev–Trinajstić information content (AvgIpc) is 2.40. The minimum atomic E-state index is -0.0894. The predicted octanol–water partition coefficient (Wildman–Crippen LogP) is 3.14. The Morgan fingerprint density at radius 3 is 2.45 bits per heavy atom. The molecule has 0 saturated heterocycles. The number of nitrogens with zero attached hydrogens (tertiary/aromatic N) is 2. The lowest BCUT2D eigenvalue weighted by Crippen LogP contribution is -2.25. The van der Waals surface area contributed by atoms with Gasteiger partial charge in [0.05, 0.1) is 11.6 Å². The lowest BCUT2D eigenvalue weighted by Gasteiger charge is -2.22. The number of rotatable bonds is 7. The third-order valence-corrected chi connectivity index (χ3v) is 3.02. The summed E-state index contributed by atoms with van der Waals surface area (Å²) in [6.45, 7) is 8.60. The van der Waals surface area contributed by atoms with E-state index in [1.807, 2.05) is 12.1 Å². The first-order chi connectivity index (χ1) is 9.60. The Morgan fingerprint density at radius 1 is 1.30 bits per heavy atom. The van der Waals surface area contributed by atoms with Crippen LogP contribution in [0.1, 0.15) is 44.7 Å². The summed E-state index contributed by atoms with van der Waals surface area (Å²) in [5, 5.41) is 11.9. The third-order valence-electron chi connectivity index (χ3n) is 3.02. The van der Waals surface area contributed by atoms with Gasteiger partial charge < -0.3 is 5.32 Å². The second-order valence-corrected chi connectivity index (χ2v) is 4.94. The van der Waals surface area contributed by atoms with Gasteiger partial charge in [-0.25, -0.2) is 0 Å². The number of nitriles is 1. The Bertz CT molecular complexity index is 485. The minimum absolute atomic E-state index is 0.0894. The molecule has 0 radical (unpaired) electrons. The first-order valence-electron chi connectivity index (χ1n) is 7.13. The average molecular weight is 273 g/mol. The number of hydrogen-bond acceptors (Lipinski definition) is 3. The zero-order valence-corrected chi connectivity index (χ0v) is 12.6. The second-order valence-electron chi connectivity index (χ2n) is 4.94. The Morgan fingerprint density at radius 2 is 1.95 bits per heavy atom. The van der Waals surface area contributed by atoms with Gasteiger partial charge in [-0.2, -0.15) is 5.26 Å². The van der Waals surface area contributed by atoms with Crippen molar-refractivity contribution in [3.05, 3.63) is 29.3 Å². The number of nitrogens with one attached hydrogen (secondary N) is 1. The number of benzene rings is 1. The van der Waals surface area contributed by atoms with E-state index in [0.29, 0.717) is 5.56 Å². The zero-order valence-electron chi connectivity index (χ0n) is 12.6. The number of hydrogen-bond donors (Lipinski definition) is 1. The minimum Gasteiger partial charge on any atom is -0.326 e. The predicted molar refractivity (Wildman–Crippen MR) is 81.3 cm³/mol. The molecule has 1 aromatic carbocycles. The molecule has 0 atom stereocenters. The summed E-state index contributed by atoms with van der Waals surface area (Å²) in [5.74, 6) is -0.0894. The fourth-order valence-corrected chi connectivity index (χ4v) is 2.25. The molecule has 1 rings (SSSR count). The lowest BCUT2D eigenvalue weighted by atomic mass is 10.1. The van der Waals surface area contributed by atoms with Crippen LogP contribution in [0.3, 0.4) is 0 Å². The van der Waals surface area contributed by atoms with Crippen LogP contribution in [0.2, 0.25) is 0 Å². The van der Waals surface area contributed by atoms with Gasteiger partial charge in [0.1, 0.15) is 0 Å². The molecule has 0 fully saturated rings. The molecule has 0 spiro atoms. The van der Waals surface area contributed by atoms with Crippen LogP contribution < -0.4 is 5.32 Å². The van der Waals surface area contributed by atoms with Crippen LogP contribution in [0.25, 0.3) is 0 Å². The fraction of sp³-hybridized carbons (Fsp3) is 0.500. The van der Waals surface area contributed by atoms with Gasteiger partial charge in [0.15, 0.2) is 0 Å². The third kappa shape index (κ3) is 5.02. The quantitative estimate of drug-likeness (QED) is 0.830. The Hall–Kier alpha value is -1.86. The van der Waals surface area contributed by atoms with Crippen LogP contribution in [-0.2, 0) is 11.3 Å². The standard InChI is InChI=1S/C16H23N3O/c1-4-8-19(9-5-2)12-15-10-14(11-17)6-7-16(15)18-13(3)20/h6-7,10H,4-5,8-9,12H2,1-3H3,(H,18,20).